The van der Waals surface area contributed by atoms with E-state index < -0.39 is 0 Å². The molecule has 1 N–H and O–H groups in total. The smallest absolute Gasteiger partial charge is 0.182 e. The molecule has 0 atom stereocenters. The first kappa shape index (κ1) is 12.7. The molecule has 0 aliphatic heterocycles. The average molecular weight is 313 g/mol. The quantitative estimate of drug-likeness (QED) is 0.617. The van der Waals surface area contributed by atoms with E-state index in [0.717, 1.165) is 5.52 Å². The van der Waals surface area contributed by atoms with E-state index in [1.807, 2.05) is 0 Å². The van der Waals surface area contributed by atoms with Gasteiger partial charge in [0, 0.05) is 11.1 Å². The van der Waals surface area contributed by atoms with Gasteiger partial charge in [-0.05, 0) is 42.5 Å². The van der Waals surface area contributed by atoms with Crippen LogP contribution < -0.4 is 0 Å². The number of aromatic nitrogens is 2. The zero-order valence-electron chi connectivity index (χ0n) is 9.45. The molecule has 0 bridgehead atoms. The summed E-state index contributed by atoms with van der Waals surface area (Å²) in [5.74, 6) is -0.333. The van der Waals surface area contributed by atoms with Gasteiger partial charge in [-0.25, -0.2) is 4.39 Å². The molecule has 96 valence electrons. The van der Waals surface area contributed by atoms with Crippen molar-refractivity contribution < 1.29 is 4.39 Å². The van der Waals surface area contributed by atoms with Crippen molar-refractivity contribution in [3.05, 3.63) is 57.0 Å². The predicted molar refractivity (Wildman–Crippen MR) is 78.4 cm³/mol. The number of nitrogens with zero attached hydrogens (tertiary/aromatic N) is 1. The largest absolute Gasteiger partial charge is 0.330 e. The molecule has 0 fully saturated rings. The Labute approximate surface area is 123 Å². The van der Waals surface area contributed by atoms with E-state index in [-0.39, 0.29) is 5.82 Å². The zero-order valence-corrected chi connectivity index (χ0v) is 11.8. The lowest BCUT2D eigenvalue weighted by Crippen LogP contribution is -1.95. The molecule has 3 aromatic rings. The standard InChI is InChI=1S/C13H7Cl2FN2S/c14-7-1-4-11(9(15)5-7)18-12-6-8(16)2-3-10(12)17-13(18)19/h1-6H,(H,17,19). The summed E-state index contributed by atoms with van der Waals surface area (Å²) in [6.45, 7) is 0. The van der Waals surface area contributed by atoms with Crippen molar-refractivity contribution in [3.8, 4) is 5.69 Å². The fourth-order valence-electron chi connectivity index (χ4n) is 1.98. The van der Waals surface area contributed by atoms with Crippen molar-refractivity contribution in [1.29, 1.82) is 0 Å². The van der Waals surface area contributed by atoms with Gasteiger partial charge in [-0.2, -0.15) is 0 Å². The number of benzene rings is 2. The number of hydrogen-bond donors (Lipinski definition) is 1. The van der Waals surface area contributed by atoms with Gasteiger partial charge in [0.15, 0.2) is 4.77 Å². The Kier molecular flexibility index (Phi) is 3.09. The molecular weight excluding hydrogens is 306 g/mol. The van der Waals surface area contributed by atoms with Gasteiger partial charge in [0.05, 0.1) is 21.7 Å². The molecule has 0 saturated carbocycles. The fraction of sp³-hybridized carbons (Fsp3) is 0. The van der Waals surface area contributed by atoms with Gasteiger partial charge in [0.25, 0.3) is 0 Å². The van der Waals surface area contributed by atoms with Gasteiger partial charge >= 0.3 is 0 Å². The maximum Gasteiger partial charge on any atom is 0.182 e. The van der Waals surface area contributed by atoms with E-state index in [0.29, 0.717) is 26.0 Å². The maximum atomic E-state index is 13.4. The molecule has 2 nitrogen and oxygen atoms in total. The van der Waals surface area contributed by atoms with Gasteiger partial charge in [-0.1, -0.05) is 23.2 Å². The normalized spacial score (nSPS) is 11.1. The molecule has 0 aliphatic rings. The number of imidazole rings is 1. The summed E-state index contributed by atoms with van der Waals surface area (Å²) in [4.78, 5) is 3.01. The second kappa shape index (κ2) is 4.63. The molecule has 19 heavy (non-hydrogen) atoms. The predicted octanol–water partition coefficient (Wildman–Crippen LogP) is 5.13. The van der Waals surface area contributed by atoms with Crippen LogP contribution in [0.15, 0.2) is 36.4 Å². The van der Waals surface area contributed by atoms with Crippen molar-refractivity contribution in [3.63, 3.8) is 0 Å². The Morgan fingerprint density at radius 3 is 2.63 bits per heavy atom. The summed E-state index contributed by atoms with van der Waals surface area (Å²) in [6.07, 6.45) is 0. The number of aromatic amines is 1. The molecule has 0 spiro atoms. The van der Waals surface area contributed by atoms with E-state index in [1.165, 1.54) is 12.1 Å². The van der Waals surface area contributed by atoms with Crippen LogP contribution in [0.1, 0.15) is 0 Å². The van der Waals surface area contributed by atoms with Crippen molar-refractivity contribution >= 4 is 46.5 Å². The maximum absolute atomic E-state index is 13.4. The van der Waals surface area contributed by atoms with E-state index in [1.54, 1.807) is 28.8 Å². The van der Waals surface area contributed by atoms with Crippen molar-refractivity contribution in [2.45, 2.75) is 0 Å². The van der Waals surface area contributed by atoms with Crippen molar-refractivity contribution in [2.75, 3.05) is 0 Å². The molecule has 6 heteroatoms. The van der Waals surface area contributed by atoms with Crippen LogP contribution in [0.3, 0.4) is 0 Å². The Morgan fingerprint density at radius 2 is 1.89 bits per heavy atom. The summed E-state index contributed by atoms with van der Waals surface area (Å²) >= 11 is 17.3. The third-order valence-electron chi connectivity index (χ3n) is 2.80. The minimum absolute atomic E-state index is 0.333. The fourth-order valence-corrected chi connectivity index (χ4v) is 2.78. The highest BCUT2D eigenvalue weighted by molar-refractivity contribution is 7.71. The first-order valence-corrected chi connectivity index (χ1v) is 6.58. The first-order chi connectivity index (χ1) is 9.06. The number of fused-ring (bicyclic) bond motifs is 1. The van der Waals surface area contributed by atoms with E-state index in [9.17, 15) is 4.39 Å². The number of nitrogens with one attached hydrogen (secondary N) is 1. The Bertz CT molecular complexity index is 838. The van der Waals surface area contributed by atoms with Crippen molar-refractivity contribution in [2.24, 2.45) is 0 Å². The highest BCUT2D eigenvalue weighted by atomic mass is 35.5. The van der Waals surface area contributed by atoms with Crippen LogP contribution >= 0.6 is 35.4 Å². The van der Waals surface area contributed by atoms with Crippen molar-refractivity contribution in [1.82, 2.24) is 9.55 Å². The summed E-state index contributed by atoms with van der Waals surface area (Å²) < 4.78 is 15.5. The van der Waals surface area contributed by atoms with E-state index in [2.05, 4.69) is 4.98 Å². The van der Waals surface area contributed by atoms with Crippen LogP contribution in [0.25, 0.3) is 16.7 Å². The second-order valence-corrected chi connectivity index (χ2v) is 5.25. The Balaban J connectivity index is 2.38. The van der Waals surface area contributed by atoms with Crippen LogP contribution in [0.4, 0.5) is 4.39 Å². The molecule has 0 saturated heterocycles. The van der Waals surface area contributed by atoms with Gasteiger partial charge in [0.1, 0.15) is 5.82 Å². The third-order valence-corrected chi connectivity index (χ3v) is 3.62. The number of halogens is 3. The van der Waals surface area contributed by atoms with Crippen LogP contribution in [0.5, 0.6) is 0 Å². The SMILES string of the molecule is Fc1ccc2[nH]c(=S)n(-c3ccc(Cl)cc3Cl)c2c1. The number of hydrogen-bond acceptors (Lipinski definition) is 1. The lowest BCUT2D eigenvalue weighted by molar-refractivity contribution is 0.629. The molecule has 0 aliphatic carbocycles. The minimum atomic E-state index is -0.333. The van der Waals surface area contributed by atoms with Gasteiger partial charge < -0.3 is 4.98 Å². The highest BCUT2D eigenvalue weighted by Gasteiger charge is 2.10. The first-order valence-electron chi connectivity index (χ1n) is 5.42. The third kappa shape index (κ3) is 2.16. The van der Waals surface area contributed by atoms with Gasteiger partial charge in [0.2, 0.25) is 0 Å². The lowest BCUT2D eigenvalue weighted by atomic mass is 10.2. The van der Waals surface area contributed by atoms with Crippen LogP contribution in [0, 0.1) is 10.6 Å². The number of rotatable bonds is 1. The van der Waals surface area contributed by atoms with Gasteiger partial charge in [-0.3, -0.25) is 4.57 Å². The monoisotopic (exact) mass is 312 g/mol. The summed E-state index contributed by atoms with van der Waals surface area (Å²) in [5.41, 5.74) is 2.04. The van der Waals surface area contributed by atoms with Gasteiger partial charge in [-0.15, -0.1) is 0 Å². The molecule has 1 heterocycles. The minimum Gasteiger partial charge on any atom is -0.330 e. The molecule has 2 aromatic carbocycles. The Morgan fingerprint density at radius 1 is 1.11 bits per heavy atom. The molecule has 1 aromatic heterocycles. The van der Waals surface area contributed by atoms with Crippen LogP contribution in [-0.2, 0) is 0 Å². The molecule has 3 rings (SSSR count). The van der Waals surface area contributed by atoms with E-state index >= 15 is 0 Å². The average Bonchev–Trinajstić information content (AvgIpc) is 2.65. The second-order valence-electron chi connectivity index (χ2n) is 4.02. The lowest BCUT2D eigenvalue weighted by Gasteiger charge is -2.07. The highest BCUT2D eigenvalue weighted by Crippen LogP contribution is 2.28. The number of H-pyrrole nitrogens is 1. The summed E-state index contributed by atoms with van der Waals surface area (Å²) in [6, 6.07) is 9.51. The molecule has 0 radical (unpaired) electrons. The molecule has 0 unspecified atom stereocenters. The Hall–Kier alpha value is -1.36. The zero-order chi connectivity index (χ0) is 13.6. The summed E-state index contributed by atoms with van der Waals surface area (Å²) in [5, 5.41) is 0.986. The van der Waals surface area contributed by atoms with Crippen LogP contribution in [0.2, 0.25) is 10.0 Å². The van der Waals surface area contributed by atoms with Crippen LogP contribution in [-0.4, -0.2) is 9.55 Å². The molecule has 0 amide bonds. The topological polar surface area (TPSA) is 20.7 Å². The summed E-state index contributed by atoms with van der Waals surface area (Å²) in [7, 11) is 0. The molecular formula is C13H7Cl2FN2S. The van der Waals surface area contributed by atoms with E-state index in [4.69, 9.17) is 35.4 Å².